The van der Waals surface area contributed by atoms with E-state index in [1.54, 1.807) is 0 Å². The molecule has 0 bridgehead atoms. The first-order chi connectivity index (χ1) is 9.08. The molecule has 1 aliphatic heterocycles. The molecule has 1 aromatic rings. The van der Waals surface area contributed by atoms with E-state index in [1.165, 1.54) is 5.56 Å². The minimum absolute atomic E-state index is 0. The molecule has 2 rings (SSSR count). The van der Waals surface area contributed by atoms with Crippen LogP contribution in [0.2, 0.25) is 0 Å². The van der Waals surface area contributed by atoms with Crippen molar-refractivity contribution in [2.24, 2.45) is 5.73 Å². The Morgan fingerprint density at radius 3 is 2.95 bits per heavy atom. The van der Waals surface area contributed by atoms with Crippen LogP contribution in [-0.4, -0.2) is 23.4 Å². The Morgan fingerprint density at radius 2 is 2.30 bits per heavy atom. The van der Waals surface area contributed by atoms with Crippen LogP contribution in [0.4, 0.5) is 0 Å². The van der Waals surface area contributed by atoms with Crippen molar-refractivity contribution in [2.45, 2.75) is 44.7 Å². The molecular weight excluding hydrogens is 340 g/mol. The number of hydrogen-bond donors (Lipinski definition) is 1. The van der Waals surface area contributed by atoms with Crippen LogP contribution in [0.5, 0.6) is 0 Å². The molecule has 2 unspecified atom stereocenters. The van der Waals surface area contributed by atoms with Crippen molar-refractivity contribution in [1.82, 2.24) is 4.90 Å². The summed E-state index contributed by atoms with van der Waals surface area (Å²) in [6.07, 6.45) is 3.46. The number of benzene rings is 1. The molecular formula is C15H22BrClN2O. The van der Waals surface area contributed by atoms with Gasteiger partial charge in [0, 0.05) is 23.5 Å². The van der Waals surface area contributed by atoms with Gasteiger partial charge in [-0.15, -0.1) is 12.4 Å². The summed E-state index contributed by atoms with van der Waals surface area (Å²) in [6.45, 7) is 2.82. The van der Waals surface area contributed by atoms with Crippen molar-refractivity contribution >= 4 is 34.2 Å². The van der Waals surface area contributed by atoms with Gasteiger partial charge >= 0.3 is 0 Å². The Labute approximate surface area is 135 Å². The van der Waals surface area contributed by atoms with Crippen molar-refractivity contribution in [1.29, 1.82) is 0 Å². The van der Waals surface area contributed by atoms with Crippen molar-refractivity contribution in [3.05, 3.63) is 34.3 Å². The standard InChI is InChI=1S/C15H21BrN2O.ClH/c1-11(17)7-8-15(19)18-9-3-6-14(18)12-4-2-5-13(16)10-12;/h2,4-5,10-11,14H,3,6-9,17H2,1H3;1H. The fourth-order valence-corrected chi connectivity index (χ4v) is 3.04. The second-order valence-corrected chi connectivity index (χ2v) is 6.23. The molecule has 1 heterocycles. The van der Waals surface area contributed by atoms with Crippen LogP contribution in [0.15, 0.2) is 28.7 Å². The van der Waals surface area contributed by atoms with E-state index in [0.717, 1.165) is 30.3 Å². The SMILES string of the molecule is CC(N)CCC(=O)N1CCCC1c1cccc(Br)c1.Cl. The Kier molecular flexibility index (Phi) is 7.00. The third kappa shape index (κ3) is 4.47. The summed E-state index contributed by atoms with van der Waals surface area (Å²) in [6, 6.07) is 8.59. The van der Waals surface area contributed by atoms with Gasteiger partial charge in [0.15, 0.2) is 0 Å². The van der Waals surface area contributed by atoms with E-state index in [4.69, 9.17) is 5.73 Å². The molecule has 0 aliphatic carbocycles. The van der Waals surface area contributed by atoms with Gasteiger partial charge in [0.05, 0.1) is 6.04 Å². The number of rotatable bonds is 4. The van der Waals surface area contributed by atoms with Gasteiger partial charge in [0.1, 0.15) is 0 Å². The molecule has 112 valence electrons. The van der Waals surface area contributed by atoms with E-state index < -0.39 is 0 Å². The summed E-state index contributed by atoms with van der Waals surface area (Å²) >= 11 is 3.50. The predicted octanol–water partition coefficient (Wildman–Crippen LogP) is 3.66. The van der Waals surface area contributed by atoms with Crippen LogP contribution >= 0.6 is 28.3 Å². The lowest BCUT2D eigenvalue weighted by atomic mass is 10.0. The van der Waals surface area contributed by atoms with E-state index >= 15 is 0 Å². The van der Waals surface area contributed by atoms with Crippen molar-refractivity contribution in [2.75, 3.05) is 6.54 Å². The number of nitrogens with two attached hydrogens (primary N) is 1. The van der Waals surface area contributed by atoms with E-state index in [-0.39, 0.29) is 30.4 Å². The van der Waals surface area contributed by atoms with Gasteiger partial charge in [0.25, 0.3) is 0 Å². The van der Waals surface area contributed by atoms with E-state index in [2.05, 4.69) is 28.1 Å². The van der Waals surface area contributed by atoms with E-state index in [9.17, 15) is 4.79 Å². The lowest BCUT2D eigenvalue weighted by Crippen LogP contribution is -2.31. The molecule has 1 amide bonds. The Morgan fingerprint density at radius 1 is 1.55 bits per heavy atom. The third-order valence-corrected chi connectivity index (χ3v) is 4.11. The molecule has 1 aliphatic rings. The first-order valence-corrected chi connectivity index (χ1v) is 7.67. The monoisotopic (exact) mass is 360 g/mol. The van der Waals surface area contributed by atoms with Gasteiger partial charge in [-0.3, -0.25) is 4.79 Å². The summed E-state index contributed by atoms with van der Waals surface area (Å²) in [4.78, 5) is 14.3. The second-order valence-electron chi connectivity index (χ2n) is 5.32. The maximum absolute atomic E-state index is 12.3. The highest BCUT2D eigenvalue weighted by molar-refractivity contribution is 9.10. The zero-order valence-electron chi connectivity index (χ0n) is 11.7. The van der Waals surface area contributed by atoms with Gasteiger partial charge in [-0.1, -0.05) is 28.1 Å². The van der Waals surface area contributed by atoms with Crippen LogP contribution < -0.4 is 5.73 Å². The van der Waals surface area contributed by atoms with Gasteiger partial charge in [-0.05, 0) is 43.9 Å². The summed E-state index contributed by atoms with van der Waals surface area (Å²) in [5.41, 5.74) is 6.95. The highest BCUT2D eigenvalue weighted by atomic mass is 79.9. The lowest BCUT2D eigenvalue weighted by Gasteiger charge is -2.25. The van der Waals surface area contributed by atoms with Crippen LogP contribution in [0.3, 0.4) is 0 Å². The molecule has 1 saturated heterocycles. The van der Waals surface area contributed by atoms with Crippen LogP contribution in [0, 0.1) is 0 Å². The Hall–Kier alpha value is -0.580. The molecule has 20 heavy (non-hydrogen) atoms. The average Bonchev–Trinajstić information content (AvgIpc) is 2.85. The average molecular weight is 362 g/mol. The lowest BCUT2D eigenvalue weighted by molar-refractivity contribution is -0.132. The maximum atomic E-state index is 12.3. The quantitative estimate of drug-likeness (QED) is 0.889. The number of likely N-dealkylation sites (tertiary alicyclic amines) is 1. The molecule has 0 spiro atoms. The number of halogens is 2. The topological polar surface area (TPSA) is 46.3 Å². The smallest absolute Gasteiger partial charge is 0.223 e. The van der Waals surface area contributed by atoms with Crippen molar-refractivity contribution in [3.63, 3.8) is 0 Å². The molecule has 0 radical (unpaired) electrons. The minimum Gasteiger partial charge on any atom is -0.336 e. The van der Waals surface area contributed by atoms with Gasteiger partial charge in [-0.2, -0.15) is 0 Å². The zero-order valence-corrected chi connectivity index (χ0v) is 14.1. The number of nitrogens with zero attached hydrogens (tertiary/aromatic N) is 1. The summed E-state index contributed by atoms with van der Waals surface area (Å²) in [5.74, 6) is 0.236. The largest absolute Gasteiger partial charge is 0.336 e. The summed E-state index contributed by atoms with van der Waals surface area (Å²) in [5, 5.41) is 0. The molecule has 2 N–H and O–H groups in total. The zero-order chi connectivity index (χ0) is 13.8. The molecule has 0 saturated carbocycles. The molecule has 0 aromatic heterocycles. The maximum Gasteiger partial charge on any atom is 0.223 e. The van der Waals surface area contributed by atoms with Crippen LogP contribution in [0.25, 0.3) is 0 Å². The number of amides is 1. The van der Waals surface area contributed by atoms with Gasteiger partial charge < -0.3 is 10.6 Å². The van der Waals surface area contributed by atoms with Crippen LogP contribution in [-0.2, 0) is 4.79 Å². The Balaban J connectivity index is 0.00000200. The Bertz CT molecular complexity index is 453. The summed E-state index contributed by atoms with van der Waals surface area (Å²) in [7, 11) is 0. The van der Waals surface area contributed by atoms with E-state index in [0.29, 0.717) is 6.42 Å². The first kappa shape index (κ1) is 17.5. The minimum atomic E-state index is 0. The van der Waals surface area contributed by atoms with Gasteiger partial charge in [0.2, 0.25) is 5.91 Å². The highest BCUT2D eigenvalue weighted by Crippen LogP contribution is 2.33. The van der Waals surface area contributed by atoms with Gasteiger partial charge in [-0.25, -0.2) is 0 Å². The van der Waals surface area contributed by atoms with E-state index in [1.807, 2.05) is 24.0 Å². The predicted molar refractivity (Wildman–Crippen MR) is 88.0 cm³/mol. The molecule has 3 nitrogen and oxygen atoms in total. The molecule has 5 heteroatoms. The van der Waals surface area contributed by atoms with Crippen molar-refractivity contribution < 1.29 is 4.79 Å². The fourth-order valence-electron chi connectivity index (χ4n) is 2.62. The van der Waals surface area contributed by atoms with Crippen LogP contribution in [0.1, 0.15) is 44.2 Å². The molecule has 2 atom stereocenters. The molecule has 1 fully saturated rings. The number of carbonyl (C=O) groups excluding carboxylic acids is 1. The fraction of sp³-hybridized carbons (Fsp3) is 0.533. The first-order valence-electron chi connectivity index (χ1n) is 6.88. The van der Waals surface area contributed by atoms with Crippen molar-refractivity contribution in [3.8, 4) is 0 Å². The number of carbonyl (C=O) groups is 1. The third-order valence-electron chi connectivity index (χ3n) is 3.62. The normalized spacial score (nSPS) is 19.6. The summed E-state index contributed by atoms with van der Waals surface area (Å²) < 4.78 is 1.07. The highest BCUT2D eigenvalue weighted by Gasteiger charge is 2.29. The number of hydrogen-bond acceptors (Lipinski definition) is 2. The molecule has 1 aromatic carbocycles. The second kappa shape index (κ2) is 8.01.